The van der Waals surface area contributed by atoms with E-state index in [-0.39, 0.29) is 19.4 Å². The minimum atomic E-state index is -1.63. The average molecular weight is 1160 g/mol. The Balaban J connectivity index is 2.58. The van der Waals surface area contributed by atoms with Gasteiger partial charge in [0.25, 0.3) is 0 Å². The number of hydrogen-bond acceptors (Lipinski definition) is 10. The summed E-state index contributed by atoms with van der Waals surface area (Å²) in [4.78, 5) is 26.6. The van der Waals surface area contributed by atoms with E-state index in [1.165, 1.54) is 135 Å². The molecule has 0 saturated carbocycles. The zero-order valence-electron chi connectivity index (χ0n) is 52.5. The molecule has 83 heavy (non-hydrogen) atoms. The second-order valence-electron chi connectivity index (χ2n) is 22.6. The number of hydrogen-bond donors (Lipinski definition) is 6. The van der Waals surface area contributed by atoms with Crippen LogP contribution in [0.15, 0.2) is 122 Å². The van der Waals surface area contributed by atoms with Crippen molar-refractivity contribution in [2.45, 2.75) is 307 Å². The standard InChI is InChI=1S/C72H121NO10/c1-4-7-10-13-16-19-22-24-26-28-29-30-31-32-33-34-35-36-37-38-40-42-45-48-51-54-57-60-67(77)83-70-69(79)68(78)66(61-74)82-72(70)81-62-63(64(75)58-55-52-49-46-43-21-18-15-12-9-6-3)73-71(80)65(76)59-56-53-50-47-44-41-39-27-25-23-20-17-14-11-8-5-2/h8,11,14,16-17,19-20,23-27,29-30,39,41,44,47,55,58,63-66,68-70,72,74-76,78-79H,4-7,9-10,12-13,15,18,21-22,28,31-38,40,42-43,45-46,48-54,56-57,59-62H2,1-3H3,(H,73,80)/b11-8-,17-14+,19-16-,23-20+,26-24-,27-25-,30-29-,41-39+,47-44+,58-55+. The molecule has 474 valence electrons. The van der Waals surface area contributed by atoms with Gasteiger partial charge in [-0.2, -0.15) is 0 Å². The minimum Gasteiger partial charge on any atom is -0.454 e. The molecule has 1 aliphatic rings. The van der Waals surface area contributed by atoms with Crippen molar-refractivity contribution >= 4 is 11.9 Å². The van der Waals surface area contributed by atoms with Crippen molar-refractivity contribution in [2.75, 3.05) is 13.2 Å². The van der Waals surface area contributed by atoms with Crippen LogP contribution in [0, 0.1) is 0 Å². The van der Waals surface area contributed by atoms with E-state index in [4.69, 9.17) is 14.2 Å². The Labute approximate surface area is 506 Å². The molecular weight excluding hydrogens is 1040 g/mol. The Morgan fingerprint density at radius 1 is 0.494 bits per heavy atom. The number of aliphatic hydroxyl groups excluding tert-OH is 5. The van der Waals surface area contributed by atoms with Crippen LogP contribution < -0.4 is 5.32 Å². The van der Waals surface area contributed by atoms with Crippen molar-refractivity contribution in [3.8, 4) is 0 Å². The van der Waals surface area contributed by atoms with Gasteiger partial charge in [-0.15, -0.1) is 0 Å². The van der Waals surface area contributed by atoms with Crippen LogP contribution >= 0.6 is 0 Å². The van der Waals surface area contributed by atoms with Crippen LogP contribution in [0.5, 0.6) is 0 Å². The van der Waals surface area contributed by atoms with Crippen molar-refractivity contribution in [3.63, 3.8) is 0 Å². The molecule has 0 aliphatic carbocycles. The third-order valence-electron chi connectivity index (χ3n) is 15.0. The number of nitrogens with one attached hydrogen (secondary N) is 1. The van der Waals surface area contributed by atoms with E-state index in [0.717, 1.165) is 77.0 Å². The van der Waals surface area contributed by atoms with Crippen molar-refractivity contribution in [3.05, 3.63) is 122 Å². The second kappa shape index (κ2) is 58.4. The van der Waals surface area contributed by atoms with Crippen molar-refractivity contribution in [1.29, 1.82) is 0 Å². The van der Waals surface area contributed by atoms with E-state index in [0.29, 0.717) is 12.8 Å². The number of allylic oxidation sites excluding steroid dienone is 19. The van der Waals surface area contributed by atoms with Gasteiger partial charge in [0.15, 0.2) is 12.4 Å². The molecule has 1 aliphatic heterocycles. The molecule has 11 nitrogen and oxygen atoms in total. The van der Waals surface area contributed by atoms with Gasteiger partial charge in [0.05, 0.1) is 25.4 Å². The summed E-state index contributed by atoms with van der Waals surface area (Å²) in [6.07, 6.45) is 71.0. The lowest BCUT2D eigenvalue weighted by atomic mass is 9.99. The SMILES string of the molecule is CC\C=C/C=C/C=C/C=C\C=C\C=C\CCCCC(O)C(=O)NC(COC1OC(CO)C(O)C(O)C1OC(=O)CCCCCCCCCCCCCCCC/C=C\C/C=C\C/C=C\CCCCC)C(O)/C=C/CCCCCCCCCCC. The largest absolute Gasteiger partial charge is 0.454 e. The van der Waals surface area contributed by atoms with Crippen LogP contribution in [0.3, 0.4) is 0 Å². The molecule has 0 bridgehead atoms. The van der Waals surface area contributed by atoms with E-state index < -0.39 is 67.4 Å². The van der Waals surface area contributed by atoms with E-state index >= 15 is 0 Å². The molecule has 1 heterocycles. The predicted octanol–water partition coefficient (Wildman–Crippen LogP) is 16.6. The third-order valence-corrected chi connectivity index (χ3v) is 15.0. The number of carbonyl (C=O) groups is 2. The zero-order valence-corrected chi connectivity index (χ0v) is 52.5. The maximum Gasteiger partial charge on any atom is 0.306 e. The lowest BCUT2D eigenvalue weighted by Gasteiger charge is -2.41. The van der Waals surface area contributed by atoms with Crippen LogP contribution in [-0.2, 0) is 23.8 Å². The summed E-state index contributed by atoms with van der Waals surface area (Å²) in [7, 11) is 0. The summed E-state index contributed by atoms with van der Waals surface area (Å²) in [5, 5.41) is 57.0. The molecular formula is C72H121NO10. The summed E-state index contributed by atoms with van der Waals surface area (Å²) in [6.45, 7) is 5.58. The van der Waals surface area contributed by atoms with Gasteiger partial charge in [0, 0.05) is 6.42 Å². The lowest BCUT2D eigenvalue weighted by molar-refractivity contribution is -0.305. The highest BCUT2D eigenvalue weighted by Crippen LogP contribution is 2.26. The van der Waals surface area contributed by atoms with Crippen LogP contribution in [0.2, 0.25) is 0 Å². The van der Waals surface area contributed by atoms with E-state index in [1.54, 1.807) is 6.08 Å². The van der Waals surface area contributed by atoms with Gasteiger partial charge in [0.1, 0.15) is 24.4 Å². The molecule has 0 aromatic heterocycles. The Morgan fingerprint density at radius 2 is 0.916 bits per heavy atom. The summed E-state index contributed by atoms with van der Waals surface area (Å²) in [6, 6.07) is -1.05. The number of rotatable bonds is 55. The molecule has 6 N–H and O–H groups in total. The molecule has 8 atom stereocenters. The fraction of sp³-hybridized carbons (Fsp3) is 0.694. The Morgan fingerprint density at radius 3 is 1.43 bits per heavy atom. The number of amides is 1. The minimum absolute atomic E-state index is 0.111. The van der Waals surface area contributed by atoms with Crippen LogP contribution in [0.1, 0.15) is 258 Å². The first-order valence-electron chi connectivity index (χ1n) is 33.4. The Kier molecular flexibility index (Phi) is 54.3. The van der Waals surface area contributed by atoms with Gasteiger partial charge >= 0.3 is 5.97 Å². The second-order valence-corrected chi connectivity index (χ2v) is 22.6. The Bertz CT molecular complexity index is 1810. The quantitative estimate of drug-likeness (QED) is 0.0149. The molecule has 0 aromatic rings. The van der Waals surface area contributed by atoms with Crippen molar-refractivity contribution < 1.29 is 49.3 Å². The monoisotopic (exact) mass is 1160 g/mol. The van der Waals surface area contributed by atoms with Gasteiger partial charge in [-0.3, -0.25) is 9.59 Å². The van der Waals surface area contributed by atoms with Gasteiger partial charge in [-0.25, -0.2) is 0 Å². The van der Waals surface area contributed by atoms with Gasteiger partial charge in [-0.1, -0.05) is 290 Å². The molecule has 1 rings (SSSR count). The summed E-state index contributed by atoms with van der Waals surface area (Å²) >= 11 is 0. The van der Waals surface area contributed by atoms with Gasteiger partial charge in [-0.05, 0) is 83.5 Å². The number of ether oxygens (including phenoxy) is 3. The summed E-state index contributed by atoms with van der Waals surface area (Å²) < 4.78 is 17.6. The molecule has 1 saturated heterocycles. The third kappa shape index (κ3) is 46.0. The first kappa shape index (κ1) is 77.1. The topological polar surface area (TPSA) is 175 Å². The van der Waals surface area contributed by atoms with Crippen molar-refractivity contribution in [2.24, 2.45) is 0 Å². The number of esters is 1. The predicted molar refractivity (Wildman–Crippen MR) is 347 cm³/mol. The van der Waals surface area contributed by atoms with E-state index in [1.807, 2.05) is 72.9 Å². The first-order chi connectivity index (χ1) is 40.7. The molecule has 1 amide bonds. The maximum absolute atomic E-state index is 13.4. The number of unbranched alkanes of at least 4 members (excludes halogenated alkanes) is 28. The highest BCUT2D eigenvalue weighted by molar-refractivity contribution is 5.80. The molecule has 11 heteroatoms. The smallest absolute Gasteiger partial charge is 0.306 e. The lowest BCUT2D eigenvalue weighted by Crippen LogP contribution is -2.61. The van der Waals surface area contributed by atoms with Gasteiger partial charge < -0.3 is 45.1 Å². The number of aliphatic hydroxyl groups is 5. The molecule has 1 fully saturated rings. The highest BCUT2D eigenvalue weighted by Gasteiger charge is 2.47. The van der Waals surface area contributed by atoms with Crippen LogP contribution in [-0.4, -0.2) is 99.6 Å². The number of carbonyl (C=O) groups excluding carboxylic acids is 2. The molecule has 8 unspecified atom stereocenters. The van der Waals surface area contributed by atoms with Crippen LogP contribution in [0.25, 0.3) is 0 Å². The summed E-state index contributed by atoms with van der Waals surface area (Å²) in [5.41, 5.74) is 0. The van der Waals surface area contributed by atoms with Crippen molar-refractivity contribution in [1.82, 2.24) is 5.32 Å². The first-order valence-corrected chi connectivity index (χ1v) is 33.4. The summed E-state index contributed by atoms with van der Waals surface area (Å²) in [5.74, 6) is -1.25. The van der Waals surface area contributed by atoms with Gasteiger partial charge in [0.2, 0.25) is 5.91 Å². The molecule has 0 radical (unpaired) electrons. The van der Waals surface area contributed by atoms with E-state index in [9.17, 15) is 35.1 Å². The zero-order chi connectivity index (χ0) is 60.3. The molecule has 0 spiro atoms. The average Bonchev–Trinajstić information content (AvgIpc) is 3.52. The van der Waals surface area contributed by atoms with Crippen LogP contribution in [0.4, 0.5) is 0 Å². The molecule has 0 aromatic carbocycles. The fourth-order valence-electron chi connectivity index (χ4n) is 9.75. The maximum atomic E-state index is 13.4. The highest BCUT2D eigenvalue weighted by atomic mass is 16.7. The normalized spacial score (nSPS) is 19.3. The Hall–Kier alpha value is -3.94. The fourth-order valence-corrected chi connectivity index (χ4v) is 9.75. The van der Waals surface area contributed by atoms with E-state index in [2.05, 4.69) is 68.6 Å².